The molecule has 0 N–H and O–H groups in total. The Morgan fingerprint density at radius 1 is 1.38 bits per heavy atom. The van der Waals surface area contributed by atoms with Gasteiger partial charge < -0.3 is 0 Å². The van der Waals surface area contributed by atoms with Crippen molar-refractivity contribution in [1.29, 1.82) is 0 Å². The number of nitrogens with zero attached hydrogens (tertiary/aromatic N) is 1. The van der Waals surface area contributed by atoms with E-state index in [-0.39, 0.29) is 5.25 Å². The first kappa shape index (κ1) is 12.1. The van der Waals surface area contributed by atoms with Gasteiger partial charge in [0.15, 0.2) is 0 Å². The molecular weight excluding hydrogens is 290 g/mol. The Labute approximate surface area is 105 Å². The van der Waals surface area contributed by atoms with Crippen LogP contribution in [0.1, 0.15) is 18.4 Å². The minimum atomic E-state index is -3.07. The van der Waals surface area contributed by atoms with Gasteiger partial charge in [-0.15, -0.1) is 0 Å². The summed E-state index contributed by atoms with van der Waals surface area (Å²) in [6.07, 6.45) is 1.62. The monoisotopic (exact) mass is 303 g/mol. The Hall–Kier alpha value is -0.390. The van der Waals surface area contributed by atoms with Crippen LogP contribution in [0.15, 0.2) is 28.7 Å². The van der Waals surface area contributed by atoms with E-state index in [1.165, 1.54) is 4.31 Å². The lowest BCUT2D eigenvalue weighted by atomic mass is 10.2. The summed E-state index contributed by atoms with van der Waals surface area (Å²) in [5.41, 5.74) is 0.995. The lowest BCUT2D eigenvalue weighted by Gasteiger charge is -2.17. The smallest absolute Gasteiger partial charge is 0.212 e. The van der Waals surface area contributed by atoms with E-state index in [0.29, 0.717) is 6.54 Å². The molecule has 0 spiro atoms. The van der Waals surface area contributed by atoms with Crippen LogP contribution >= 0.6 is 15.9 Å². The standard InChI is InChI=1S/C11H14BrNO2S/c1-13(16(14,15)10-6-7-10)8-9-4-2-3-5-11(9)12/h2-5,10H,6-8H2,1H3. The molecule has 0 bridgehead atoms. The predicted molar refractivity (Wildman–Crippen MR) is 67.6 cm³/mol. The summed E-state index contributed by atoms with van der Waals surface area (Å²) in [4.78, 5) is 0. The first-order chi connectivity index (χ1) is 7.51. The molecule has 5 heteroatoms. The second kappa shape index (κ2) is 4.47. The molecule has 1 fully saturated rings. The average molecular weight is 304 g/mol. The molecule has 16 heavy (non-hydrogen) atoms. The predicted octanol–water partition coefficient (Wildman–Crippen LogP) is 2.37. The van der Waals surface area contributed by atoms with Crippen LogP contribution in [-0.2, 0) is 16.6 Å². The van der Waals surface area contributed by atoms with Crippen LogP contribution in [0.5, 0.6) is 0 Å². The zero-order valence-electron chi connectivity index (χ0n) is 9.06. The molecule has 0 saturated heterocycles. The molecule has 88 valence electrons. The first-order valence-corrected chi connectivity index (χ1v) is 7.50. The summed E-state index contributed by atoms with van der Waals surface area (Å²) in [6, 6.07) is 7.69. The van der Waals surface area contributed by atoms with Gasteiger partial charge in [0, 0.05) is 18.1 Å². The highest BCUT2D eigenvalue weighted by Gasteiger charge is 2.38. The zero-order valence-corrected chi connectivity index (χ0v) is 11.5. The van der Waals surface area contributed by atoms with Crippen molar-refractivity contribution in [3.63, 3.8) is 0 Å². The maximum atomic E-state index is 11.9. The highest BCUT2D eigenvalue weighted by atomic mass is 79.9. The van der Waals surface area contributed by atoms with Crippen LogP contribution in [0.4, 0.5) is 0 Å². The van der Waals surface area contributed by atoms with Gasteiger partial charge in [0.2, 0.25) is 10.0 Å². The summed E-state index contributed by atoms with van der Waals surface area (Å²) in [7, 11) is -1.42. The zero-order chi connectivity index (χ0) is 11.8. The van der Waals surface area contributed by atoms with Crippen molar-refractivity contribution < 1.29 is 8.42 Å². The van der Waals surface area contributed by atoms with Gasteiger partial charge >= 0.3 is 0 Å². The molecule has 0 atom stereocenters. The quantitative estimate of drug-likeness (QED) is 0.856. The number of sulfonamides is 1. The van der Waals surface area contributed by atoms with Crippen molar-refractivity contribution in [1.82, 2.24) is 4.31 Å². The Balaban J connectivity index is 2.13. The van der Waals surface area contributed by atoms with Gasteiger partial charge in [0.25, 0.3) is 0 Å². The fourth-order valence-corrected chi connectivity index (χ4v) is 3.55. The van der Waals surface area contributed by atoms with E-state index in [1.807, 2.05) is 24.3 Å². The van der Waals surface area contributed by atoms with E-state index in [0.717, 1.165) is 22.9 Å². The molecule has 0 heterocycles. The molecule has 1 aliphatic rings. The third kappa shape index (κ3) is 2.47. The third-order valence-electron chi connectivity index (χ3n) is 2.73. The Morgan fingerprint density at radius 3 is 2.56 bits per heavy atom. The normalized spacial score (nSPS) is 16.7. The highest BCUT2D eigenvalue weighted by Crippen LogP contribution is 2.31. The molecule has 1 aromatic rings. The third-order valence-corrected chi connectivity index (χ3v) is 5.82. The average Bonchev–Trinajstić information content (AvgIpc) is 3.04. The van der Waals surface area contributed by atoms with Crippen LogP contribution < -0.4 is 0 Å². The second-order valence-electron chi connectivity index (χ2n) is 4.09. The maximum Gasteiger partial charge on any atom is 0.217 e. The van der Waals surface area contributed by atoms with Crippen LogP contribution in [0, 0.1) is 0 Å². The molecule has 0 aromatic heterocycles. The van der Waals surface area contributed by atoms with Crippen molar-refractivity contribution in [3.8, 4) is 0 Å². The molecule has 0 radical (unpaired) electrons. The molecule has 1 saturated carbocycles. The molecule has 1 aliphatic carbocycles. The summed E-state index contributed by atoms with van der Waals surface area (Å²) in [5.74, 6) is 0. The van der Waals surface area contributed by atoms with Crippen molar-refractivity contribution >= 4 is 26.0 Å². The molecule has 1 aromatic carbocycles. The number of hydrogen-bond donors (Lipinski definition) is 0. The van der Waals surface area contributed by atoms with Crippen LogP contribution in [0.2, 0.25) is 0 Å². The van der Waals surface area contributed by atoms with E-state index in [2.05, 4.69) is 15.9 Å². The Kier molecular flexibility index (Phi) is 3.37. The van der Waals surface area contributed by atoms with Crippen molar-refractivity contribution in [2.75, 3.05) is 7.05 Å². The van der Waals surface area contributed by atoms with E-state index < -0.39 is 10.0 Å². The fourth-order valence-electron chi connectivity index (χ4n) is 1.58. The number of hydrogen-bond acceptors (Lipinski definition) is 2. The minimum absolute atomic E-state index is 0.139. The van der Waals surface area contributed by atoms with Crippen LogP contribution in [0.25, 0.3) is 0 Å². The highest BCUT2D eigenvalue weighted by molar-refractivity contribution is 9.10. The van der Waals surface area contributed by atoms with Crippen molar-refractivity contribution in [2.24, 2.45) is 0 Å². The topological polar surface area (TPSA) is 37.4 Å². The molecular formula is C11H14BrNO2S. The summed E-state index contributed by atoms with van der Waals surface area (Å²) in [6.45, 7) is 0.431. The molecule has 2 rings (SSSR count). The van der Waals surface area contributed by atoms with Crippen LogP contribution in [-0.4, -0.2) is 25.0 Å². The van der Waals surface area contributed by atoms with Crippen LogP contribution in [0.3, 0.4) is 0 Å². The maximum absolute atomic E-state index is 11.9. The molecule has 0 unspecified atom stereocenters. The van der Waals surface area contributed by atoms with E-state index in [1.54, 1.807) is 7.05 Å². The molecule has 0 amide bonds. The summed E-state index contributed by atoms with van der Waals surface area (Å²) < 4.78 is 26.2. The second-order valence-corrected chi connectivity index (χ2v) is 7.27. The number of benzene rings is 1. The van der Waals surface area contributed by atoms with Crippen molar-refractivity contribution in [3.05, 3.63) is 34.3 Å². The minimum Gasteiger partial charge on any atom is -0.212 e. The first-order valence-electron chi connectivity index (χ1n) is 5.20. The lowest BCUT2D eigenvalue weighted by molar-refractivity contribution is 0.465. The number of rotatable bonds is 4. The summed E-state index contributed by atoms with van der Waals surface area (Å²) in [5, 5.41) is -0.139. The van der Waals surface area contributed by atoms with E-state index >= 15 is 0 Å². The van der Waals surface area contributed by atoms with Gasteiger partial charge in [-0.3, -0.25) is 0 Å². The Morgan fingerprint density at radius 2 is 2.00 bits per heavy atom. The largest absolute Gasteiger partial charge is 0.217 e. The van der Waals surface area contributed by atoms with Gasteiger partial charge in [-0.05, 0) is 24.5 Å². The lowest BCUT2D eigenvalue weighted by Crippen LogP contribution is -2.29. The van der Waals surface area contributed by atoms with E-state index in [9.17, 15) is 8.42 Å². The SMILES string of the molecule is CN(Cc1ccccc1Br)S(=O)(=O)C1CC1. The van der Waals surface area contributed by atoms with Gasteiger partial charge in [-0.2, -0.15) is 0 Å². The van der Waals surface area contributed by atoms with E-state index in [4.69, 9.17) is 0 Å². The van der Waals surface area contributed by atoms with Gasteiger partial charge in [-0.1, -0.05) is 34.1 Å². The van der Waals surface area contributed by atoms with Gasteiger partial charge in [0.05, 0.1) is 5.25 Å². The van der Waals surface area contributed by atoms with Gasteiger partial charge in [0.1, 0.15) is 0 Å². The number of halogens is 1. The molecule has 3 nitrogen and oxygen atoms in total. The fraction of sp³-hybridized carbons (Fsp3) is 0.455. The Bertz CT molecular complexity index is 483. The van der Waals surface area contributed by atoms with Crippen molar-refractivity contribution in [2.45, 2.75) is 24.6 Å². The molecule has 0 aliphatic heterocycles. The summed E-state index contributed by atoms with van der Waals surface area (Å²) >= 11 is 3.42. The van der Waals surface area contributed by atoms with Gasteiger partial charge in [-0.25, -0.2) is 12.7 Å².